The summed E-state index contributed by atoms with van der Waals surface area (Å²) in [6, 6.07) is 31.5. The molecule has 0 bridgehead atoms. The second-order valence-electron chi connectivity index (χ2n) is 15.8. The van der Waals surface area contributed by atoms with Gasteiger partial charge in [-0.2, -0.15) is 0 Å². The second-order valence-corrected chi connectivity index (χ2v) is 15.8. The van der Waals surface area contributed by atoms with Gasteiger partial charge in [-0.1, -0.05) is 113 Å². The average Bonchev–Trinajstić information content (AvgIpc) is 3.46. The van der Waals surface area contributed by atoms with Crippen LogP contribution in [-0.2, 0) is 24.0 Å². The fraction of sp³-hybridized carbons (Fsp3) is 0.385. The molecule has 4 aromatic carbocycles. The fourth-order valence-electron chi connectivity index (χ4n) is 7.63. The zero-order valence-electron chi connectivity index (χ0n) is 27.8. The van der Waals surface area contributed by atoms with E-state index in [1.807, 2.05) is 0 Å². The summed E-state index contributed by atoms with van der Waals surface area (Å²) < 4.78 is 26.2. The topological polar surface area (TPSA) is 36.9 Å². The molecular formula is C39H42B2O4. The van der Waals surface area contributed by atoms with Gasteiger partial charge in [0.2, 0.25) is 0 Å². The third-order valence-corrected chi connectivity index (χ3v) is 11.9. The molecule has 2 aliphatic heterocycles. The minimum atomic E-state index is -0.489. The van der Waals surface area contributed by atoms with Crippen molar-refractivity contribution < 1.29 is 18.6 Å². The first-order valence-electron chi connectivity index (χ1n) is 16.3. The van der Waals surface area contributed by atoms with Gasteiger partial charge in [-0.3, -0.25) is 0 Å². The Morgan fingerprint density at radius 1 is 0.467 bits per heavy atom. The van der Waals surface area contributed by atoms with Crippen LogP contribution in [0.15, 0.2) is 84.9 Å². The lowest BCUT2D eigenvalue weighted by atomic mass is 9.65. The zero-order chi connectivity index (χ0) is 31.6. The molecule has 8 rings (SSSR count). The predicted octanol–water partition coefficient (Wildman–Crippen LogP) is 7.12. The summed E-state index contributed by atoms with van der Waals surface area (Å²) in [5.74, 6) is 0. The van der Waals surface area contributed by atoms with E-state index in [0.717, 1.165) is 10.9 Å². The maximum absolute atomic E-state index is 6.68. The van der Waals surface area contributed by atoms with Crippen LogP contribution < -0.4 is 10.9 Å². The molecule has 4 nitrogen and oxygen atoms in total. The molecule has 0 N–H and O–H groups in total. The van der Waals surface area contributed by atoms with Crippen LogP contribution in [0.1, 0.15) is 77.6 Å². The molecule has 2 aliphatic carbocycles. The lowest BCUT2D eigenvalue weighted by Crippen LogP contribution is -2.58. The Hall–Kier alpha value is -3.15. The van der Waals surface area contributed by atoms with Gasteiger partial charge in [-0.15, -0.1) is 0 Å². The van der Waals surface area contributed by atoms with Gasteiger partial charge in [0.25, 0.3) is 0 Å². The zero-order valence-corrected chi connectivity index (χ0v) is 27.8. The van der Waals surface area contributed by atoms with E-state index >= 15 is 0 Å². The number of benzene rings is 4. The van der Waals surface area contributed by atoms with Crippen molar-refractivity contribution in [2.24, 2.45) is 10.8 Å². The molecule has 4 aliphatic rings. The average molecular weight is 596 g/mol. The number of hydrogen-bond acceptors (Lipinski definition) is 4. The van der Waals surface area contributed by atoms with Crippen molar-refractivity contribution in [2.45, 2.75) is 72.0 Å². The lowest BCUT2D eigenvalue weighted by molar-refractivity contribution is -0.0939. The minimum Gasteiger partial charge on any atom is -0.407 e. The Morgan fingerprint density at radius 3 is 1.24 bits per heavy atom. The van der Waals surface area contributed by atoms with Crippen LogP contribution in [0.25, 0.3) is 22.3 Å². The van der Waals surface area contributed by atoms with Gasteiger partial charge in [0.05, 0.1) is 16.6 Å². The van der Waals surface area contributed by atoms with E-state index in [1.165, 1.54) is 44.5 Å². The summed E-state index contributed by atoms with van der Waals surface area (Å²) >= 11 is 0. The van der Waals surface area contributed by atoms with E-state index in [9.17, 15) is 0 Å². The van der Waals surface area contributed by atoms with Crippen molar-refractivity contribution in [2.75, 3.05) is 13.2 Å². The number of hydrogen-bond donors (Lipinski definition) is 0. The van der Waals surface area contributed by atoms with E-state index in [1.54, 1.807) is 0 Å². The van der Waals surface area contributed by atoms with Gasteiger partial charge in [0.15, 0.2) is 0 Å². The smallest absolute Gasteiger partial charge is 0.407 e. The highest BCUT2D eigenvalue weighted by Crippen LogP contribution is 2.62. The molecular weight excluding hydrogens is 554 g/mol. The molecule has 45 heavy (non-hydrogen) atoms. The number of fused-ring (bicyclic) bond motifs is 10. The molecule has 2 saturated heterocycles. The van der Waals surface area contributed by atoms with E-state index in [4.69, 9.17) is 18.6 Å². The Morgan fingerprint density at radius 2 is 0.844 bits per heavy atom. The first kappa shape index (κ1) is 29.3. The van der Waals surface area contributed by atoms with Crippen LogP contribution in [-0.4, -0.2) is 38.7 Å². The molecule has 1 spiro atoms. The minimum absolute atomic E-state index is 0.0928. The summed E-state index contributed by atoms with van der Waals surface area (Å²) in [5.41, 5.74) is 11.0. The van der Waals surface area contributed by atoms with Gasteiger partial charge in [-0.05, 0) is 83.1 Å². The molecule has 0 atom stereocenters. The van der Waals surface area contributed by atoms with Crippen LogP contribution in [0.3, 0.4) is 0 Å². The molecule has 228 valence electrons. The molecule has 0 aromatic heterocycles. The van der Waals surface area contributed by atoms with Gasteiger partial charge in [0, 0.05) is 24.0 Å². The molecule has 0 radical (unpaired) electrons. The monoisotopic (exact) mass is 596 g/mol. The summed E-state index contributed by atoms with van der Waals surface area (Å²) in [6.45, 7) is 18.8. The summed E-state index contributed by atoms with van der Waals surface area (Å²) in [7, 11) is -0.868. The molecule has 2 heterocycles. The molecule has 0 saturated carbocycles. The first-order chi connectivity index (χ1) is 21.3. The van der Waals surface area contributed by atoms with Crippen molar-refractivity contribution in [3.8, 4) is 22.3 Å². The van der Waals surface area contributed by atoms with Crippen LogP contribution in [0.5, 0.6) is 0 Å². The fourth-order valence-corrected chi connectivity index (χ4v) is 7.63. The lowest BCUT2D eigenvalue weighted by Gasteiger charge is -2.47. The SMILES string of the molecule is CC1(C)COB(c2ccc3c(c2)C2(c4ccccc4-3)c3ccccc3-c3ccc(B4OCC(C)(C)C(C)(C)O4)cc32)OC1(C)C. The molecule has 6 heteroatoms. The molecule has 0 unspecified atom stereocenters. The summed E-state index contributed by atoms with van der Waals surface area (Å²) in [6.07, 6.45) is 0. The van der Waals surface area contributed by atoms with Crippen molar-refractivity contribution >= 4 is 25.2 Å². The molecule has 4 aromatic rings. The Labute approximate surface area is 268 Å². The highest BCUT2D eigenvalue weighted by atomic mass is 16.6. The molecule has 0 amide bonds. The quantitative estimate of drug-likeness (QED) is 0.200. The summed E-state index contributed by atoms with van der Waals surface area (Å²) in [4.78, 5) is 0. The van der Waals surface area contributed by atoms with Crippen LogP contribution in [0, 0.1) is 10.8 Å². The van der Waals surface area contributed by atoms with Crippen molar-refractivity contribution in [3.05, 3.63) is 107 Å². The maximum atomic E-state index is 6.68. The van der Waals surface area contributed by atoms with Crippen molar-refractivity contribution in [1.82, 2.24) is 0 Å². The van der Waals surface area contributed by atoms with Crippen molar-refractivity contribution in [3.63, 3.8) is 0 Å². The van der Waals surface area contributed by atoms with Crippen LogP contribution >= 0.6 is 0 Å². The Bertz CT molecular complexity index is 1720. The Balaban J connectivity index is 1.33. The highest BCUT2D eigenvalue weighted by molar-refractivity contribution is 6.62. The normalized spacial score (nSPS) is 22.5. The standard InChI is InChI=1S/C39H42B2O4/c1-35(2)23-42-40(44-37(35,5)6)25-17-19-29-27-13-9-11-15-31(27)39(33(29)21-25)32-16-12-10-14-28(32)30-20-18-26(22-34(30)39)41-43-24-36(3,4)38(7,8)45-41/h9-22H,23-24H2,1-8H3. The third-order valence-electron chi connectivity index (χ3n) is 11.9. The largest absolute Gasteiger partial charge is 0.494 e. The first-order valence-corrected chi connectivity index (χ1v) is 16.3. The van der Waals surface area contributed by atoms with Gasteiger partial charge < -0.3 is 18.6 Å². The number of rotatable bonds is 2. The van der Waals surface area contributed by atoms with Gasteiger partial charge in [-0.25, -0.2) is 0 Å². The van der Waals surface area contributed by atoms with Crippen molar-refractivity contribution in [1.29, 1.82) is 0 Å². The molecule has 2 fully saturated rings. The van der Waals surface area contributed by atoms with Gasteiger partial charge in [0.1, 0.15) is 0 Å². The highest BCUT2D eigenvalue weighted by Gasteiger charge is 2.54. The second kappa shape index (κ2) is 9.45. The maximum Gasteiger partial charge on any atom is 0.494 e. The van der Waals surface area contributed by atoms with E-state index in [2.05, 4.69) is 140 Å². The Kier molecular flexibility index (Phi) is 6.15. The van der Waals surface area contributed by atoms with Crippen LogP contribution in [0.4, 0.5) is 0 Å². The third kappa shape index (κ3) is 3.96. The van der Waals surface area contributed by atoms with E-state index in [0.29, 0.717) is 13.2 Å². The van der Waals surface area contributed by atoms with E-state index < -0.39 is 19.7 Å². The van der Waals surface area contributed by atoms with Gasteiger partial charge >= 0.3 is 14.2 Å². The predicted molar refractivity (Wildman–Crippen MR) is 183 cm³/mol. The summed E-state index contributed by atoms with van der Waals surface area (Å²) in [5, 5.41) is 0. The van der Waals surface area contributed by atoms with E-state index in [-0.39, 0.29) is 22.0 Å². The van der Waals surface area contributed by atoms with Crippen LogP contribution in [0.2, 0.25) is 0 Å².